The van der Waals surface area contributed by atoms with Gasteiger partial charge in [-0.3, -0.25) is 4.79 Å². The summed E-state index contributed by atoms with van der Waals surface area (Å²) in [5.74, 6) is -0.391. The van der Waals surface area contributed by atoms with E-state index in [1.165, 1.54) is 0 Å². The average molecular weight is 330 g/mol. The van der Waals surface area contributed by atoms with E-state index < -0.39 is 5.91 Å². The van der Waals surface area contributed by atoms with Gasteiger partial charge in [0.05, 0.1) is 6.54 Å². The highest BCUT2D eigenvalue weighted by Crippen LogP contribution is 2.26. The average Bonchev–Trinajstić information content (AvgIpc) is 2.24. The number of carbonyl (C=O) groups is 1. The topological polar surface area (TPSA) is 72.3 Å². The molecular formula is C12H16BrN3OS. The molecule has 0 spiro atoms. The lowest BCUT2D eigenvalue weighted by atomic mass is 10.1. The number of benzene rings is 1. The Bertz CT molecular complexity index is 476. The van der Waals surface area contributed by atoms with E-state index >= 15 is 0 Å². The number of carbonyl (C=O) groups excluding carboxylic acids is 1. The van der Waals surface area contributed by atoms with E-state index in [1.54, 1.807) is 0 Å². The Labute approximate surface area is 120 Å². The van der Waals surface area contributed by atoms with Gasteiger partial charge in [-0.25, -0.2) is 0 Å². The fourth-order valence-corrected chi connectivity index (χ4v) is 2.19. The van der Waals surface area contributed by atoms with Crippen LogP contribution in [0.2, 0.25) is 0 Å². The van der Waals surface area contributed by atoms with Gasteiger partial charge in [0.1, 0.15) is 4.99 Å². The first kappa shape index (κ1) is 14.9. The van der Waals surface area contributed by atoms with Crippen LogP contribution in [0.3, 0.4) is 0 Å². The van der Waals surface area contributed by atoms with Crippen molar-refractivity contribution in [2.24, 2.45) is 11.5 Å². The Kier molecular flexibility index (Phi) is 5.10. The van der Waals surface area contributed by atoms with Gasteiger partial charge in [0.15, 0.2) is 0 Å². The molecule has 0 aliphatic carbocycles. The highest BCUT2D eigenvalue weighted by atomic mass is 79.9. The molecule has 0 heterocycles. The van der Waals surface area contributed by atoms with Gasteiger partial charge in [-0.15, -0.1) is 0 Å². The molecule has 0 unspecified atom stereocenters. The second kappa shape index (κ2) is 6.15. The molecule has 6 heteroatoms. The second-order valence-corrected chi connectivity index (χ2v) is 5.57. The first-order valence-corrected chi connectivity index (χ1v) is 6.67. The number of amides is 1. The van der Waals surface area contributed by atoms with E-state index in [-0.39, 0.29) is 12.6 Å². The van der Waals surface area contributed by atoms with Crippen LogP contribution >= 0.6 is 28.1 Å². The number of hydrogen-bond acceptors (Lipinski definition) is 3. The molecule has 98 valence electrons. The number of rotatable bonds is 5. The molecule has 0 atom stereocenters. The highest BCUT2D eigenvalue weighted by molar-refractivity contribution is 9.10. The molecule has 0 aliphatic heterocycles. The predicted octanol–water partition coefficient (Wildman–Crippen LogP) is 1.78. The van der Waals surface area contributed by atoms with Crippen molar-refractivity contribution in [3.63, 3.8) is 0 Å². The number of anilines is 1. The van der Waals surface area contributed by atoms with Crippen LogP contribution in [0.25, 0.3) is 0 Å². The number of hydrogen-bond donors (Lipinski definition) is 2. The van der Waals surface area contributed by atoms with Gasteiger partial charge in [0.25, 0.3) is 0 Å². The number of thiocarbonyl (C=S) groups is 1. The minimum Gasteiger partial charge on any atom is -0.389 e. The van der Waals surface area contributed by atoms with Crippen LogP contribution in [0, 0.1) is 0 Å². The summed E-state index contributed by atoms with van der Waals surface area (Å²) in [5.41, 5.74) is 12.5. The Morgan fingerprint density at radius 2 is 2.06 bits per heavy atom. The molecule has 4 nitrogen and oxygen atoms in total. The van der Waals surface area contributed by atoms with Crippen LogP contribution in [-0.4, -0.2) is 23.5 Å². The highest BCUT2D eigenvalue weighted by Gasteiger charge is 2.18. The third-order valence-electron chi connectivity index (χ3n) is 2.48. The molecular weight excluding hydrogens is 314 g/mol. The molecule has 0 aromatic heterocycles. The van der Waals surface area contributed by atoms with Gasteiger partial charge < -0.3 is 16.4 Å². The largest absolute Gasteiger partial charge is 0.389 e. The zero-order valence-corrected chi connectivity index (χ0v) is 12.7. The first-order valence-electron chi connectivity index (χ1n) is 5.47. The van der Waals surface area contributed by atoms with E-state index in [1.807, 2.05) is 36.9 Å². The maximum absolute atomic E-state index is 11.2. The zero-order valence-electron chi connectivity index (χ0n) is 10.3. The van der Waals surface area contributed by atoms with Crippen molar-refractivity contribution >= 4 is 44.7 Å². The third kappa shape index (κ3) is 3.68. The summed E-state index contributed by atoms with van der Waals surface area (Å²) < 4.78 is 0.896. The summed E-state index contributed by atoms with van der Waals surface area (Å²) in [6.07, 6.45) is 0. The van der Waals surface area contributed by atoms with E-state index in [0.29, 0.717) is 4.99 Å². The zero-order chi connectivity index (χ0) is 13.9. The lowest BCUT2D eigenvalue weighted by Gasteiger charge is -2.29. The number of halogens is 1. The Balaban J connectivity index is 3.29. The quantitative estimate of drug-likeness (QED) is 0.808. The minimum absolute atomic E-state index is 0.111. The maximum atomic E-state index is 11.2. The van der Waals surface area contributed by atoms with Crippen LogP contribution in [0.5, 0.6) is 0 Å². The molecule has 1 amide bonds. The number of primary amides is 1. The first-order chi connectivity index (χ1) is 8.32. The Morgan fingerprint density at radius 1 is 1.44 bits per heavy atom. The normalized spacial score (nSPS) is 10.4. The standard InChI is InChI=1S/C12H16BrN3OS/c1-7(2)16(6-11(14)17)10-5-8(13)3-4-9(10)12(15)18/h3-5,7H,6H2,1-2H3,(H2,14,17)(H2,15,18). The fraction of sp³-hybridized carbons (Fsp3) is 0.333. The smallest absolute Gasteiger partial charge is 0.236 e. The van der Waals surface area contributed by atoms with Gasteiger partial charge in [0.2, 0.25) is 5.91 Å². The summed E-state index contributed by atoms with van der Waals surface area (Å²) in [6.45, 7) is 4.09. The second-order valence-electron chi connectivity index (χ2n) is 4.21. The summed E-state index contributed by atoms with van der Waals surface area (Å²) in [4.78, 5) is 13.3. The molecule has 1 aromatic rings. The van der Waals surface area contributed by atoms with Gasteiger partial charge in [0, 0.05) is 21.8 Å². The van der Waals surface area contributed by atoms with Gasteiger partial charge in [-0.05, 0) is 32.0 Å². The van der Waals surface area contributed by atoms with Crippen molar-refractivity contribution in [3.8, 4) is 0 Å². The van der Waals surface area contributed by atoms with Gasteiger partial charge in [-0.1, -0.05) is 28.1 Å². The van der Waals surface area contributed by atoms with E-state index in [2.05, 4.69) is 15.9 Å². The van der Waals surface area contributed by atoms with Crippen LogP contribution in [0.4, 0.5) is 5.69 Å². The molecule has 0 fully saturated rings. The van der Waals surface area contributed by atoms with Crippen LogP contribution < -0.4 is 16.4 Å². The molecule has 0 aliphatic rings. The van der Waals surface area contributed by atoms with E-state index in [4.69, 9.17) is 23.7 Å². The lowest BCUT2D eigenvalue weighted by molar-refractivity contribution is -0.116. The number of nitrogens with two attached hydrogens (primary N) is 2. The molecule has 0 saturated carbocycles. The van der Waals surface area contributed by atoms with Crippen molar-refractivity contribution in [1.29, 1.82) is 0 Å². The van der Waals surface area contributed by atoms with Crippen molar-refractivity contribution in [2.75, 3.05) is 11.4 Å². The Hall–Kier alpha value is -1.14. The molecule has 0 radical (unpaired) electrons. The van der Waals surface area contributed by atoms with Crippen LogP contribution in [-0.2, 0) is 4.79 Å². The number of nitrogens with zero attached hydrogens (tertiary/aromatic N) is 1. The van der Waals surface area contributed by atoms with Crippen LogP contribution in [0.1, 0.15) is 19.4 Å². The SMILES string of the molecule is CC(C)N(CC(N)=O)c1cc(Br)ccc1C(N)=S. The maximum Gasteiger partial charge on any atom is 0.236 e. The summed E-state index contributed by atoms with van der Waals surface area (Å²) in [6, 6.07) is 5.69. The van der Waals surface area contributed by atoms with Gasteiger partial charge in [-0.2, -0.15) is 0 Å². The molecule has 0 bridgehead atoms. The molecule has 18 heavy (non-hydrogen) atoms. The summed E-state index contributed by atoms with van der Waals surface area (Å²) in [7, 11) is 0. The minimum atomic E-state index is -0.391. The van der Waals surface area contributed by atoms with Crippen LogP contribution in [0.15, 0.2) is 22.7 Å². The van der Waals surface area contributed by atoms with Gasteiger partial charge >= 0.3 is 0 Å². The third-order valence-corrected chi connectivity index (χ3v) is 3.20. The van der Waals surface area contributed by atoms with Crippen molar-refractivity contribution in [3.05, 3.63) is 28.2 Å². The summed E-state index contributed by atoms with van der Waals surface area (Å²) in [5, 5.41) is 0. The lowest BCUT2D eigenvalue weighted by Crippen LogP contribution is -2.39. The van der Waals surface area contributed by atoms with Crippen molar-refractivity contribution in [2.45, 2.75) is 19.9 Å². The molecule has 1 rings (SSSR count). The molecule has 1 aromatic carbocycles. The Morgan fingerprint density at radius 3 is 2.50 bits per heavy atom. The summed E-state index contributed by atoms with van der Waals surface area (Å²) >= 11 is 8.43. The van der Waals surface area contributed by atoms with Crippen molar-refractivity contribution in [1.82, 2.24) is 0 Å². The fourth-order valence-electron chi connectivity index (χ4n) is 1.66. The van der Waals surface area contributed by atoms with E-state index in [9.17, 15) is 4.79 Å². The van der Waals surface area contributed by atoms with Crippen molar-refractivity contribution < 1.29 is 4.79 Å². The predicted molar refractivity (Wildman–Crippen MR) is 81.7 cm³/mol. The molecule has 4 N–H and O–H groups in total. The molecule has 0 saturated heterocycles. The monoisotopic (exact) mass is 329 g/mol. The van der Waals surface area contributed by atoms with E-state index in [0.717, 1.165) is 15.7 Å².